The first-order valence-electron chi connectivity index (χ1n) is 11.8. The number of anilines is 1. The van der Waals surface area contributed by atoms with Crippen LogP contribution in [-0.2, 0) is 16.0 Å². The Morgan fingerprint density at radius 3 is 2.31 bits per heavy atom. The number of allylic oxidation sites excluding steroid dienone is 2. The molecule has 4 unspecified atom stereocenters. The first-order chi connectivity index (χ1) is 15.5. The molecule has 0 aromatic heterocycles. The van der Waals surface area contributed by atoms with Crippen molar-refractivity contribution in [1.29, 1.82) is 0 Å². The fraction of sp³-hybridized carbons (Fsp3) is 0.560. The van der Waals surface area contributed by atoms with Crippen molar-refractivity contribution >= 4 is 23.5 Å². The van der Waals surface area contributed by atoms with Crippen molar-refractivity contribution in [1.82, 2.24) is 15.5 Å². The third-order valence-corrected chi connectivity index (χ3v) is 6.87. The monoisotopic (exact) mass is 437 g/mol. The fourth-order valence-electron chi connectivity index (χ4n) is 5.23. The Morgan fingerprint density at radius 2 is 1.72 bits per heavy atom. The van der Waals surface area contributed by atoms with E-state index < -0.39 is 0 Å². The highest BCUT2D eigenvalue weighted by Crippen LogP contribution is 2.52. The number of hydrogen-bond acceptors (Lipinski definition) is 4. The average molecular weight is 438 g/mol. The first kappa shape index (κ1) is 22.4. The zero-order valence-corrected chi connectivity index (χ0v) is 19.4. The summed E-state index contributed by atoms with van der Waals surface area (Å²) in [6.45, 7) is 4.65. The molecule has 2 fully saturated rings. The summed E-state index contributed by atoms with van der Waals surface area (Å²) in [5, 5.41) is 6.65. The highest BCUT2D eigenvalue weighted by molar-refractivity contribution is 6.06. The quantitative estimate of drug-likeness (QED) is 0.203. The van der Waals surface area contributed by atoms with Gasteiger partial charge in [0.05, 0.1) is 11.8 Å². The summed E-state index contributed by atoms with van der Waals surface area (Å²) in [7, 11) is 4.08. The van der Waals surface area contributed by atoms with Gasteiger partial charge >= 0.3 is 0 Å². The van der Waals surface area contributed by atoms with Crippen LogP contribution in [0.25, 0.3) is 0 Å². The van der Waals surface area contributed by atoms with E-state index in [4.69, 9.17) is 0 Å². The molecule has 4 atom stereocenters. The summed E-state index contributed by atoms with van der Waals surface area (Å²) in [6.07, 6.45) is 6.84. The predicted molar refractivity (Wildman–Crippen MR) is 128 cm³/mol. The van der Waals surface area contributed by atoms with Gasteiger partial charge in [0.15, 0.2) is 5.96 Å². The minimum Gasteiger partial charge on any atom is -0.378 e. The molecule has 1 saturated heterocycles. The molecule has 2 amide bonds. The van der Waals surface area contributed by atoms with E-state index in [2.05, 4.69) is 56.9 Å². The molecule has 2 N–H and O–H groups in total. The number of carbonyl (C=O) groups is 2. The number of likely N-dealkylation sites (tertiary alicyclic amines) is 1. The number of fused-ring (bicyclic) bond motifs is 5. The SMILES string of the molecule is CCNC(=NCCCN1C(=O)C2C3C=CC(C3)C2C1=O)NCCc1ccc(N(C)C)cc1. The molecular formula is C25H35N5O2. The van der Waals surface area contributed by atoms with Gasteiger partial charge in [0.2, 0.25) is 11.8 Å². The number of nitrogens with zero attached hydrogens (tertiary/aromatic N) is 3. The van der Waals surface area contributed by atoms with Gasteiger partial charge in [-0.2, -0.15) is 0 Å². The van der Waals surface area contributed by atoms with Crippen molar-refractivity contribution in [3.05, 3.63) is 42.0 Å². The van der Waals surface area contributed by atoms with Gasteiger partial charge in [0, 0.05) is 46.0 Å². The van der Waals surface area contributed by atoms with Crippen molar-refractivity contribution in [2.75, 3.05) is 45.2 Å². The molecule has 1 aromatic carbocycles. The second-order valence-corrected chi connectivity index (χ2v) is 9.18. The van der Waals surface area contributed by atoms with Gasteiger partial charge < -0.3 is 15.5 Å². The largest absolute Gasteiger partial charge is 0.378 e. The van der Waals surface area contributed by atoms with E-state index >= 15 is 0 Å². The van der Waals surface area contributed by atoms with Gasteiger partial charge in [0.1, 0.15) is 0 Å². The number of benzene rings is 1. The second kappa shape index (κ2) is 9.76. The lowest BCUT2D eigenvalue weighted by molar-refractivity contribution is -0.140. The van der Waals surface area contributed by atoms with Crippen LogP contribution in [0.1, 0.15) is 25.3 Å². The summed E-state index contributed by atoms with van der Waals surface area (Å²) in [4.78, 5) is 33.7. The third kappa shape index (κ3) is 4.52. The maximum atomic E-state index is 12.8. The van der Waals surface area contributed by atoms with E-state index in [9.17, 15) is 9.59 Å². The number of imide groups is 1. The Hall–Kier alpha value is -2.83. The summed E-state index contributed by atoms with van der Waals surface area (Å²) in [5.41, 5.74) is 2.47. The molecule has 0 spiro atoms. The van der Waals surface area contributed by atoms with Crippen LogP contribution >= 0.6 is 0 Å². The molecule has 1 aromatic rings. The van der Waals surface area contributed by atoms with E-state index in [1.807, 2.05) is 21.0 Å². The normalized spacial score (nSPS) is 26.1. The summed E-state index contributed by atoms with van der Waals surface area (Å²) < 4.78 is 0. The molecule has 2 aliphatic carbocycles. The van der Waals surface area contributed by atoms with Crippen LogP contribution in [0.15, 0.2) is 41.4 Å². The molecular weight excluding hydrogens is 402 g/mol. The molecule has 4 rings (SSSR count). The summed E-state index contributed by atoms with van der Waals surface area (Å²) >= 11 is 0. The summed E-state index contributed by atoms with van der Waals surface area (Å²) in [5.74, 6) is 1.17. The lowest BCUT2D eigenvalue weighted by Crippen LogP contribution is -2.38. The van der Waals surface area contributed by atoms with Crippen LogP contribution in [-0.4, -0.2) is 62.9 Å². The molecule has 7 nitrogen and oxygen atoms in total. The average Bonchev–Trinajstić information content (AvgIpc) is 3.46. The van der Waals surface area contributed by atoms with Gasteiger partial charge in [-0.3, -0.25) is 19.5 Å². The van der Waals surface area contributed by atoms with Crippen LogP contribution in [0.4, 0.5) is 5.69 Å². The number of hydrogen-bond donors (Lipinski definition) is 2. The fourth-order valence-corrected chi connectivity index (χ4v) is 5.23. The van der Waals surface area contributed by atoms with Crippen LogP contribution in [0, 0.1) is 23.7 Å². The van der Waals surface area contributed by atoms with Gasteiger partial charge in [-0.15, -0.1) is 0 Å². The van der Waals surface area contributed by atoms with Gasteiger partial charge in [-0.25, -0.2) is 0 Å². The maximum Gasteiger partial charge on any atom is 0.233 e. The maximum absolute atomic E-state index is 12.8. The lowest BCUT2D eigenvalue weighted by atomic mass is 9.85. The minimum atomic E-state index is -0.105. The van der Waals surface area contributed by atoms with Crippen LogP contribution in [0.3, 0.4) is 0 Å². The highest BCUT2D eigenvalue weighted by Gasteiger charge is 2.58. The van der Waals surface area contributed by atoms with Crippen LogP contribution < -0.4 is 15.5 Å². The van der Waals surface area contributed by atoms with Crippen molar-refractivity contribution < 1.29 is 9.59 Å². The number of nitrogens with one attached hydrogen (secondary N) is 2. The zero-order chi connectivity index (χ0) is 22.7. The van der Waals surface area contributed by atoms with Crippen LogP contribution in [0.2, 0.25) is 0 Å². The van der Waals surface area contributed by atoms with Gasteiger partial charge in [-0.1, -0.05) is 24.3 Å². The number of carbonyl (C=O) groups excluding carboxylic acids is 2. The van der Waals surface area contributed by atoms with E-state index in [1.54, 1.807) is 0 Å². The highest BCUT2D eigenvalue weighted by atomic mass is 16.2. The predicted octanol–water partition coefficient (Wildman–Crippen LogP) is 2.05. The molecule has 2 bridgehead atoms. The Kier molecular flexibility index (Phi) is 6.82. The number of amides is 2. The molecule has 32 heavy (non-hydrogen) atoms. The standard InChI is InChI=1S/C25H35N5O2/c1-4-26-25(28-14-12-17-6-10-20(11-7-17)29(2)3)27-13-5-15-30-23(31)21-18-8-9-19(16-18)22(21)24(30)32/h6-11,18-19,21-22H,4-5,12-16H2,1-3H3,(H2,26,27,28). The van der Waals surface area contributed by atoms with Crippen molar-refractivity contribution in [2.45, 2.75) is 26.2 Å². The first-order valence-corrected chi connectivity index (χ1v) is 11.8. The van der Waals surface area contributed by atoms with Crippen LogP contribution in [0.5, 0.6) is 0 Å². The molecule has 1 saturated carbocycles. The molecule has 1 aliphatic heterocycles. The third-order valence-electron chi connectivity index (χ3n) is 6.87. The molecule has 0 radical (unpaired) electrons. The van der Waals surface area contributed by atoms with Crippen molar-refractivity contribution in [2.24, 2.45) is 28.7 Å². The molecule has 1 heterocycles. The molecule has 3 aliphatic rings. The van der Waals surface area contributed by atoms with E-state index in [0.29, 0.717) is 19.5 Å². The zero-order valence-electron chi connectivity index (χ0n) is 19.4. The Morgan fingerprint density at radius 1 is 1.06 bits per heavy atom. The Labute approximate surface area is 190 Å². The van der Waals surface area contributed by atoms with Gasteiger partial charge in [-0.05, 0) is 55.7 Å². The minimum absolute atomic E-state index is 0.0335. The van der Waals surface area contributed by atoms with Crippen molar-refractivity contribution in [3.63, 3.8) is 0 Å². The topological polar surface area (TPSA) is 77.0 Å². The lowest BCUT2D eigenvalue weighted by Gasteiger charge is -2.17. The second-order valence-electron chi connectivity index (χ2n) is 9.18. The molecule has 172 valence electrons. The Balaban J connectivity index is 1.22. The number of aliphatic imine (C=N–C) groups is 1. The van der Waals surface area contributed by atoms with E-state index in [1.165, 1.54) is 16.2 Å². The number of rotatable bonds is 9. The van der Waals surface area contributed by atoms with Gasteiger partial charge in [0.25, 0.3) is 0 Å². The molecule has 7 heteroatoms. The Bertz CT molecular complexity index is 862. The smallest absolute Gasteiger partial charge is 0.233 e. The van der Waals surface area contributed by atoms with E-state index in [-0.39, 0.29) is 35.5 Å². The van der Waals surface area contributed by atoms with Crippen molar-refractivity contribution in [3.8, 4) is 0 Å². The number of guanidine groups is 1. The van der Waals surface area contributed by atoms with E-state index in [0.717, 1.165) is 31.9 Å². The summed E-state index contributed by atoms with van der Waals surface area (Å²) in [6, 6.07) is 8.57.